The largest absolute Gasteiger partial charge is 0.416 e. The number of hydrogen-bond donors (Lipinski definition) is 3. The first-order valence-corrected chi connectivity index (χ1v) is 12.0. The average Bonchev–Trinajstić information content (AvgIpc) is 3.31. The highest BCUT2D eigenvalue weighted by molar-refractivity contribution is 5.96. The van der Waals surface area contributed by atoms with Gasteiger partial charge in [0.25, 0.3) is 5.91 Å². The van der Waals surface area contributed by atoms with Crippen LogP contribution < -0.4 is 10.6 Å². The maximum absolute atomic E-state index is 13.2. The Morgan fingerprint density at radius 1 is 1.06 bits per heavy atom. The van der Waals surface area contributed by atoms with Crippen LogP contribution in [0.5, 0.6) is 0 Å². The summed E-state index contributed by atoms with van der Waals surface area (Å²) in [4.78, 5) is 26.8. The minimum absolute atomic E-state index is 0.0964. The molecule has 2 aliphatic rings. The summed E-state index contributed by atoms with van der Waals surface area (Å²) in [5.74, 6) is -1.49. The van der Waals surface area contributed by atoms with E-state index in [4.69, 9.17) is 0 Å². The zero-order valence-corrected chi connectivity index (χ0v) is 19.7. The SMILES string of the molecule is O=C(CNC(=O)c1cccc(C(F)(F)F)c1)N[C@@H]1CCN(C2CCC(O)(c3ccc(F)cc3)CC2)C1. The first kappa shape index (κ1) is 26.1. The van der Waals surface area contributed by atoms with Crippen molar-refractivity contribution >= 4 is 11.8 Å². The molecule has 0 bridgehead atoms. The molecule has 36 heavy (non-hydrogen) atoms. The molecule has 3 N–H and O–H groups in total. The monoisotopic (exact) mass is 507 g/mol. The van der Waals surface area contributed by atoms with Crippen molar-refractivity contribution < 1.29 is 32.3 Å². The van der Waals surface area contributed by atoms with Crippen LogP contribution in [0.25, 0.3) is 0 Å². The molecule has 0 radical (unpaired) electrons. The summed E-state index contributed by atoms with van der Waals surface area (Å²) in [6.07, 6.45) is -1.12. The molecule has 194 valence electrons. The molecule has 0 spiro atoms. The minimum atomic E-state index is -4.56. The number of carbonyl (C=O) groups is 2. The summed E-state index contributed by atoms with van der Waals surface area (Å²) < 4.78 is 51.7. The van der Waals surface area contributed by atoms with Crippen molar-refractivity contribution in [1.29, 1.82) is 0 Å². The van der Waals surface area contributed by atoms with Gasteiger partial charge in [0.1, 0.15) is 5.82 Å². The number of nitrogens with one attached hydrogen (secondary N) is 2. The lowest BCUT2D eigenvalue weighted by Crippen LogP contribution is -2.45. The smallest absolute Gasteiger partial charge is 0.385 e. The van der Waals surface area contributed by atoms with Crippen LogP contribution in [0.4, 0.5) is 17.6 Å². The molecule has 1 heterocycles. The standard InChI is InChI=1S/C26H29F4N3O3/c27-20-6-4-18(5-7-20)25(36)11-8-22(9-12-25)33-13-10-21(16-33)32-23(34)15-31-24(35)17-2-1-3-19(14-17)26(28,29)30/h1-7,14,21-22,36H,8-13,15-16H2,(H,31,35)(H,32,34)/t21-,22?,25?/m1/s1. The van der Waals surface area contributed by atoms with Crippen LogP contribution in [0.1, 0.15) is 53.6 Å². The van der Waals surface area contributed by atoms with Crippen LogP contribution >= 0.6 is 0 Å². The quantitative estimate of drug-likeness (QED) is 0.522. The number of carbonyl (C=O) groups excluding carboxylic acids is 2. The van der Waals surface area contributed by atoms with Gasteiger partial charge in [0.2, 0.25) is 5.91 Å². The third-order valence-corrected chi connectivity index (χ3v) is 7.13. The van der Waals surface area contributed by atoms with Gasteiger partial charge in [-0.05, 0) is 68.0 Å². The molecule has 0 unspecified atom stereocenters. The van der Waals surface area contributed by atoms with Gasteiger partial charge in [0.15, 0.2) is 0 Å². The Balaban J connectivity index is 1.21. The van der Waals surface area contributed by atoms with Crippen LogP contribution in [0.2, 0.25) is 0 Å². The lowest BCUT2D eigenvalue weighted by molar-refractivity contribution is -0.137. The first-order chi connectivity index (χ1) is 17.0. The van der Waals surface area contributed by atoms with E-state index in [-0.39, 0.29) is 30.0 Å². The second-order valence-corrected chi connectivity index (χ2v) is 9.58. The van der Waals surface area contributed by atoms with Gasteiger partial charge < -0.3 is 15.7 Å². The summed E-state index contributed by atoms with van der Waals surface area (Å²) in [5, 5.41) is 16.3. The molecule has 10 heteroatoms. The molecule has 1 saturated carbocycles. The fourth-order valence-electron chi connectivity index (χ4n) is 5.11. The topological polar surface area (TPSA) is 81.7 Å². The van der Waals surface area contributed by atoms with Crippen molar-refractivity contribution in [3.63, 3.8) is 0 Å². The van der Waals surface area contributed by atoms with Gasteiger partial charge in [-0.1, -0.05) is 18.2 Å². The number of amides is 2. The molecule has 0 aromatic heterocycles. The summed E-state index contributed by atoms with van der Waals surface area (Å²) >= 11 is 0. The fourth-order valence-corrected chi connectivity index (χ4v) is 5.11. The zero-order chi connectivity index (χ0) is 25.9. The Bertz CT molecular complexity index is 1080. The van der Waals surface area contributed by atoms with Crippen LogP contribution in [0.15, 0.2) is 48.5 Å². The molecular formula is C26H29F4N3O3. The average molecular weight is 508 g/mol. The van der Waals surface area contributed by atoms with E-state index in [0.29, 0.717) is 19.4 Å². The third kappa shape index (κ3) is 6.22. The van der Waals surface area contributed by atoms with Gasteiger partial charge in [-0.3, -0.25) is 14.5 Å². The number of nitrogens with zero attached hydrogens (tertiary/aromatic N) is 1. The van der Waals surface area contributed by atoms with Gasteiger partial charge in [-0.2, -0.15) is 13.2 Å². The predicted octanol–water partition coefficient (Wildman–Crippen LogP) is 3.60. The van der Waals surface area contributed by atoms with Gasteiger partial charge in [0, 0.05) is 30.7 Å². The molecule has 1 atom stereocenters. The molecule has 1 saturated heterocycles. The zero-order valence-electron chi connectivity index (χ0n) is 19.7. The van der Waals surface area contributed by atoms with E-state index >= 15 is 0 Å². The molecule has 2 amide bonds. The van der Waals surface area contributed by atoms with Gasteiger partial charge in [0.05, 0.1) is 17.7 Å². The normalized spacial score (nSPS) is 24.9. The number of rotatable bonds is 6. The number of hydrogen-bond acceptors (Lipinski definition) is 4. The maximum Gasteiger partial charge on any atom is 0.416 e. The highest BCUT2D eigenvalue weighted by Crippen LogP contribution is 2.39. The fraction of sp³-hybridized carbons (Fsp3) is 0.462. The van der Waals surface area contributed by atoms with Crippen LogP contribution in [-0.2, 0) is 16.6 Å². The molecule has 6 nitrogen and oxygen atoms in total. The Morgan fingerprint density at radius 2 is 1.75 bits per heavy atom. The van der Waals surface area contributed by atoms with Crippen molar-refractivity contribution in [2.45, 2.75) is 56.0 Å². The minimum Gasteiger partial charge on any atom is -0.385 e. The molecule has 2 aromatic carbocycles. The van der Waals surface area contributed by atoms with E-state index in [1.807, 2.05) is 0 Å². The first-order valence-electron chi connectivity index (χ1n) is 12.0. The van der Waals surface area contributed by atoms with E-state index in [9.17, 15) is 32.3 Å². The molecule has 2 aromatic rings. The molecule has 4 rings (SSSR count). The lowest BCUT2D eigenvalue weighted by Gasteiger charge is -2.40. The van der Waals surface area contributed by atoms with Crippen molar-refractivity contribution in [3.8, 4) is 0 Å². The second kappa shape index (κ2) is 10.6. The summed E-state index contributed by atoms with van der Waals surface area (Å²) in [6.45, 7) is 1.11. The summed E-state index contributed by atoms with van der Waals surface area (Å²) in [5.41, 5.74) is -1.33. The summed E-state index contributed by atoms with van der Waals surface area (Å²) in [7, 11) is 0. The van der Waals surface area contributed by atoms with E-state index < -0.39 is 29.2 Å². The second-order valence-electron chi connectivity index (χ2n) is 9.58. The number of likely N-dealkylation sites (tertiary alicyclic amines) is 1. The van der Waals surface area contributed by atoms with Gasteiger partial charge in [-0.25, -0.2) is 4.39 Å². The van der Waals surface area contributed by atoms with E-state index in [2.05, 4.69) is 15.5 Å². The van der Waals surface area contributed by atoms with Crippen molar-refractivity contribution in [2.75, 3.05) is 19.6 Å². The van der Waals surface area contributed by atoms with Gasteiger partial charge in [-0.15, -0.1) is 0 Å². The third-order valence-electron chi connectivity index (χ3n) is 7.13. The van der Waals surface area contributed by atoms with Crippen molar-refractivity contribution in [1.82, 2.24) is 15.5 Å². The Morgan fingerprint density at radius 3 is 2.42 bits per heavy atom. The number of halogens is 4. The molecule has 2 fully saturated rings. The van der Waals surface area contributed by atoms with Crippen LogP contribution in [-0.4, -0.2) is 53.5 Å². The van der Waals surface area contributed by atoms with Crippen LogP contribution in [0, 0.1) is 5.82 Å². The number of alkyl halides is 3. The van der Waals surface area contributed by atoms with E-state index in [0.717, 1.165) is 49.6 Å². The van der Waals surface area contributed by atoms with Crippen molar-refractivity contribution in [3.05, 3.63) is 71.0 Å². The number of aliphatic hydroxyl groups is 1. The molecule has 1 aliphatic heterocycles. The van der Waals surface area contributed by atoms with Crippen LogP contribution in [0.3, 0.4) is 0 Å². The lowest BCUT2D eigenvalue weighted by atomic mass is 9.77. The highest BCUT2D eigenvalue weighted by atomic mass is 19.4. The maximum atomic E-state index is 13.2. The molecular weight excluding hydrogens is 478 g/mol. The Labute approximate surface area is 206 Å². The van der Waals surface area contributed by atoms with E-state index in [1.54, 1.807) is 12.1 Å². The molecule has 1 aliphatic carbocycles. The van der Waals surface area contributed by atoms with E-state index in [1.165, 1.54) is 18.2 Å². The highest BCUT2D eigenvalue weighted by Gasteiger charge is 2.38. The van der Waals surface area contributed by atoms with Crippen molar-refractivity contribution in [2.24, 2.45) is 0 Å². The Hall–Kier alpha value is -2.98. The predicted molar refractivity (Wildman–Crippen MR) is 124 cm³/mol. The Kier molecular flexibility index (Phi) is 7.65. The number of benzene rings is 2. The van der Waals surface area contributed by atoms with Gasteiger partial charge >= 0.3 is 6.18 Å². The summed E-state index contributed by atoms with van der Waals surface area (Å²) in [6, 6.07) is 10.2.